The molecule has 0 unspecified atom stereocenters. The van der Waals surface area contributed by atoms with Gasteiger partial charge in [0.15, 0.2) is 5.78 Å². The fourth-order valence-electron chi connectivity index (χ4n) is 5.60. The number of ketones is 1. The molecule has 1 saturated heterocycles. The molecule has 11 nitrogen and oxygen atoms in total. The highest BCUT2D eigenvalue weighted by Gasteiger charge is 2.29. The van der Waals surface area contributed by atoms with Crippen LogP contribution in [-0.4, -0.2) is 70.0 Å². The van der Waals surface area contributed by atoms with E-state index in [1.54, 1.807) is 10.8 Å². The summed E-state index contributed by atoms with van der Waals surface area (Å²) in [4.78, 5) is 50.1. The molecule has 0 atom stereocenters. The molecule has 1 aliphatic carbocycles. The van der Waals surface area contributed by atoms with Crippen molar-refractivity contribution in [3.63, 3.8) is 0 Å². The van der Waals surface area contributed by atoms with Gasteiger partial charge in [-0.15, -0.1) is 0 Å². The molecule has 4 heterocycles. The zero-order valence-electron chi connectivity index (χ0n) is 21.3. The predicted octanol–water partition coefficient (Wildman–Crippen LogP) is 2.28. The molecule has 37 heavy (non-hydrogen) atoms. The van der Waals surface area contributed by atoms with E-state index in [4.69, 9.17) is 10.1 Å². The van der Waals surface area contributed by atoms with Crippen molar-refractivity contribution in [2.75, 3.05) is 42.9 Å². The van der Waals surface area contributed by atoms with Crippen molar-refractivity contribution in [2.24, 2.45) is 4.99 Å². The van der Waals surface area contributed by atoms with Crippen molar-refractivity contribution >= 4 is 35.0 Å². The molecular formula is C26H33N7O4. The number of fused-ring (bicyclic) bond motifs is 1. The molecular weight excluding hydrogens is 474 g/mol. The molecule has 0 spiro atoms. The largest absolute Gasteiger partial charge is 0.480 e. The standard InChI is InChI=1S/C26H33N7O4/c1-16-20-14-28-26(30-24(20)33(18-5-3-4-6-18)25(37)23(16)17(2)34)29-21-8-7-19(13-27-21)32-11-9-31(10-12-32)15-22(35)36/h7-8,13,18H,3-6,9-12,14-15H2,1-2H3,(H,35,36)(H2,27,28,29,30). The number of pyridine rings is 2. The number of carboxylic acids is 1. The van der Waals surface area contributed by atoms with Crippen LogP contribution in [0.15, 0.2) is 28.1 Å². The first-order valence-corrected chi connectivity index (χ1v) is 12.9. The van der Waals surface area contributed by atoms with Crippen LogP contribution in [0.25, 0.3) is 0 Å². The highest BCUT2D eigenvalue weighted by atomic mass is 16.4. The monoisotopic (exact) mass is 507 g/mol. The summed E-state index contributed by atoms with van der Waals surface area (Å²) in [6.07, 6.45) is 5.74. The second kappa shape index (κ2) is 10.3. The molecule has 1 saturated carbocycles. The number of anilines is 2. The zero-order valence-corrected chi connectivity index (χ0v) is 21.3. The van der Waals surface area contributed by atoms with Gasteiger partial charge in [-0.2, -0.15) is 4.99 Å². The highest BCUT2D eigenvalue weighted by molar-refractivity contribution is 5.98. The molecule has 2 aliphatic heterocycles. The number of nitrogens with one attached hydrogen (secondary N) is 2. The van der Waals surface area contributed by atoms with Gasteiger partial charge in [-0.3, -0.25) is 23.9 Å². The van der Waals surface area contributed by atoms with Gasteiger partial charge in [0.1, 0.15) is 11.6 Å². The fraction of sp³-hybridized carbons (Fsp3) is 0.500. The second-order valence-electron chi connectivity index (χ2n) is 9.97. The molecule has 3 N–H and O–H groups in total. The number of Topliss-reactive ketones (excluding diaryl/α,β-unsaturated/α-hetero) is 1. The maximum absolute atomic E-state index is 13.4. The summed E-state index contributed by atoms with van der Waals surface area (Å²) in [7, 11) is 0. The molecule has 2 fully saturated rings. The number of aliphatic imine (C=N–C) groups is 1. The minimum absolute atomic E-state index is 0.0522. The number of carboxylic acid groups (broad SMARTS) is 1. The van der Waals surface area contributed by atoms with E-state index < -0.39 is 5.97 Å². The number of carbonyl (C=O) groups is 2. The van der Waals surface area contributed by atoms with Gasteiger partial charge in [-0.25, -0.2) is 4.98 Å². The van der Waals surface area contributed by atoms with Crippen molar-refractivity contribution in [2.45, 2.75) is 52.1 Å². The first-order chi connectivity index (χ1) is 17.8. The van der Waals surface area contributed by atoms with Crippen LogP contribution in [0.4, 0.5) is 17.3 Å². The van der Waals surface area contributed by atoms with Gasteiger partial charge in [-0.05, 0) is 44.4 Å². The Morgan fingerprint density at radius 1 is 1.16 bits per heavy atom. The Bertz CT molecular complexity index is 1290. The number of carbonyl (C=O) groups excluding carboxylic acids is 1. The van der Waals surface area contributed by atoms with Crippen LogP contribution in [-0.2, 0) is 11.3 Å². The quantitative estimate of drug-likeness (QED) is 0.504. The molecule has 5 rings (SSSR count). The molecule has 196 valence electrons. The van der Waals surface area contributed by atoms with Gasteiger partial charge in [0.05, 0.1) is 24.0 Å². The molecule has 0 radical (unpaired) electrons. The summed E-state index contributed by atoms with van der Waals surface area (Å²) in [5.41, 5.74) is 2.58. The van der Waals surface area contributed by atoms with Crippen molar-refractivity contribution in [3.05, 3.63) is 45.4 Å². The SMILES string of the molecule is CC(=O)c1c(C)c2c(n(C3CCCC3)c1=O)N=C(Nc1ccc(N3CCN(CC(=O)O)CC3)cn1)NC2. The predicted molar refractivity (Wildman–Crippen MR) is 141 cm³/mol. The van der Waals surface area contributed by atoms with Crippen molar-refractivity contribution in [3.8, 4) is 0 Å². The first-order valence-electron chi connectivity index (χ1n) is 12.9. The lowest BCUT2D eigenvalue weighted by Gasteiger charge is -2.35. The summed E-state index contributed by atoms with van der Waals surface area (Å²) < 4.78 is 1.75. The number of hydrogen-bond acceptors (Lipinski definition) is 9. The molecule has 0 amide bonds. The average molecular weight is 508 g/mol. The fourth-order valence-corrected chi connectivity index (χ4v) is 5.60. The van der Waals surface area contributed by atoms with Crippen LogP contribution >= 0.6 is 0 Å². The van der Waals surface area contributed by atoms with E-state index in [-0.39, 0.29) is 29.5 Å². The average Bonchev–Trinajstić information content (AvgIpc) is 3.39. The van der Waals surface area contributed by atoms with Crippen molar-refractivity contribution in [1.82, 2.24) is 19.8 Å². The van der Waals surface area contributed by atoms with Crippen molar-refractivity contribution < 1.29 is 14.7 Å². The lowest BCUT2D eigenvalue weighted by Crippen LogP contribution is -2.48. The summed E-state index contributed by atoms with van der Waals surface area (Å²) in [6, 6.07) is 3.92. The maximum atomic E-state index is 13.4. The van der Waals surface area contributed by atoms with Gasteiger partial charge in [0.25, 0.3) is 5.56 Å². The van der Waals surface area contributed by atoms with E-state index in [9.17, 15) is 14.4 Å². The lowest BCUT2D eigenvalue weighted by molar-refractivity contribution is -0.138. The summed E-state index contributed by atoms with van der Waals surface area (Å²) in [5.74, 6) is 0.738. The normalized spacial score (nSPS) is 18.2. The van der Waals surface area contributed by atoms with Crippen LogP contribution in [0.2, 0.25) is 0 Å². The van der Waals surface area contributed by atoms with Crippen molar-refractivity contribution in [1.29, 1.82) is 0 Å². The van der Waals surface area contributed by atoms with E-state index in [1.165, 1.54) is 6.92 Å². The smallest absolute Gasteiger partial charge is 0.317 e. The van der Waals surface area contributed by atoms with Gasteiger partial charge in [0, 0.05) is 44.3 Å². The second-order valence-corrected chi connectivity index (χ2v) is 9.97. The Morgan fingerprint density at radius 3 is 2.51 bits per heavy atom. The number of piperazine rings is 1. The Hall–Kier alpha value is -3.73. The minimum Gasteiger partial charge on any atom is -0.480 e. The van der Waals surface area contributed by atoms with E-state index in [0.29, 0.717) is 42.8 Å². The Labute approximate surface area is 215 Å². The molecule has 3 aliphatic rings. The van der Waals surface area contributed by atoms with E-state index in [2.05, 4.69) is 20.5 Å². The number of guanidine groups is 1. The van der Waals surface area contributed by atoms with Crippen LogP contribution in [0.5, 0.6) is 0 Å². The molecule has 11 heteroatoms. The number of nitrogens with zero attached hydrogens (tertiary/aromatic N) is 5. The van der Waals surface area contributed by atoms with Gasteiger partial charge >= 0.3 is 5.97 Å². The summed E-state index contributed by atoms with van der Waals surface area (Å²) in [5, 5.41) is 15.5. The number of aliphatic carboxylic acids is 1. The van der Waals surface area contributed by atoms with Gasteiger partial charge in [-0.1, -0.05) is 12.8 Å². The molecule has 0 bridgehead atoms. The molecule has 0 aromatic carbocycles. The third-order valence-electron chi connectivity index (χ3n) is 7.54. The number of aromatic nitrogens is 2. The molecule has 2 aromatic rings. The Balaban J connectivity index is 1.36. The van der Waals surface area contributed by atoms with Crippen LogP contribution in [0, 0.1) is 6.92 Å². The summed E-state index contributed by atoms with van der Waals surface area (Å²) >= 11 is 0. The third kappa shape index (κ3) is 5.08. The minimum atomic E-state index is -0.804. The van der Waals surface area contributed by atoms with E-state index in [1.807, 2.05) is 24.0 Å². The lowest BCUT2D eigenvalue weighted by atomic mass is 10.00. The van der Waals surface area contributed by atoms with Crippen LogP contribution < -0.4 is 21.1 Å². The van der Waals surface area contributed by atoms with Crippen LogP contribution in [0.3, 0.4) is 0 Å². The van der Waals surface area contributed by atoms with E-state index in [0.717, 1.165) is 50.0 Å². The number of rotatable bonds is 6. The maximum Gasteiger partial charge on any atom is 0.317 e. The summed E-state index contributed by atoms with van der Waals surface area (Å²) in [6.45, 7) is 6.68. The zero-order chi connectivity index (χ0) is 26.1. The molecule has 2 aromatic heterocycles. The first kappa shape index (κ1) is 24.9. The Morgan fingerprint density at radius 2 is 1.89 bits per heavy atom. The van der Waals surface area contributed by atoms with Gasteiger partial charge < -0.3 is 20.6 Å². The van der Waals surface area contributed by atoms with Gasteiger partial charge in [0.2, 0.25) is 5.96 Å². The van der Waals surface area contributed by atoms with Crippen LogP contribution in [0.1, 0.15) is 60.1 Å². The number of hydrogen-bond donors (Lipinski definition) is 3. The third-order valence-corrected chi connectivity index (χ3v) is 7.54. The van der Waals surface area contributed by atoms with E-state index >= 15 is 0 Å². The highest BCUT2D eigenvalue weighted by Crippen LogP contribution is 2.35. The Kier molecular flexibility index (Phi) is 6.96. The topological polar surface area (TPSA) is 132 Å².